The van der Waals surface area contributed by atoms with E-state index in [4.69, 9.17) is 23.7 Å². The molecule has 0 aromatic carbocycles. The normalized spacial score (nSPS) is 28.7. The molecule has 2 aliphatic rings. The molecule has 33 heavy (non-hydrogen) atoms. The molecule has 2 saturated heterocycles. The molecule has 0 aromatic heterocycles. The molecule has 0 radical (unpaired) electrons. The van der Waals surface area contributed by atoms with Crippen molar-refractivity contribution in [2.24, 2.45) is 5.92 Å². The molecule has 2 aliphatic heterocycles. The molecule has 2 heterocycles. The Morgan fingerprint density at radius 2 is 1.06 bits per heavy atom. The predicted octanol–water partition coefficient (Wildman–Crippen LogP) is 3.46. The van der Waals surface area contributed by atoms with Gasteiger partial charge >= 0.3 is 0 Å². The van der Waals surface area contributed by atoms with Crippen LogP contribution < -0.4 is 0 Å². The van der Waals surface area contributed by atoms with Crippen LogP contribution in [0.2, 0.25) is 0 Å². The zero-order chi connectivity index (χ0) is 23.4. The third-order valence-electron chi connectivity index (χ3n) is 6.85. The van der Waals surface area contributed by atoms with Crippen LogP contribution in [0.15, 0.2) is 0 Å². The molecule has 0 saturated carbocycles. The number of nitrogens with zero attached hydrogens (tertiary/aromatic N) is 2. The molecule has 0 spiro atoms. The van der Waals surface area contributed by atoms with Crippen molar-refractivity contribution in [3.05, 3.63) is 0 Å². The first-order chi connectivity index (χ1) is 16.3. The third kappa shape index (κ3) is 13.4. The molecule has 4 atom stereocenters. The third-order valence-corrected chi connectivity index (χ3v) is 6.85. The number of ether oxygens (including phenoxy) is 5. The minimum absolute atomic E-state index is 0.397. The minimum atomic E-state index is 0.397. The summed E-state index contributed by atoms with van der Waals surface area (Å²) in [6.45, 7) is 16.2. The van der Waals surface area contributed by atoms with Crippen molar-refractivity contribution >= 4 is 0 Å². The molecule has 196 valence electrons. The van der Waals surface area contributed by atoms with Gasteiger partial charge in [0, 0.05) is 38.8 Å². The molecule has 4 unspecified atom stereocenters. The second kappa shape index (κ2) is 20.0. The van der Waals surface area contributed by atoms with Crippen molar-refractivity contribution in [2.45, 2.75) is 64.8 Å². The van der Waals surface area contributed by atoms with E-state index in [2.05, 4.69) is 23.6 Å². The maximum absolute atomic E-state index is 6.23. The average Bonchev–Trinajstić information content (AvgIpc) is 2.84. The van der Waals surface area contributed by atoms with Crippen molar-refractivity contribution in [1.82, 2.24) is 9.80 Å². The molecular weight excluding hydrogens is 420 g/mol. The van der Waals surface area contributed by atoms with E-state index < -0.39 is 0 Å². The Morgan fingerprint density at radius 3 is 1.64 bits per heavy atom. The van der Waals surface area contributed by atoms with Gasteiger partial charge in [0.2, 0.25) is 0 Å². The fourth-order valence-corrected chi connectivity index (χ4v) is 4.76. The molecule has 0 aromatic rings. The maximum Gasteiger partial charge on any atom is 0.0701 e. The van der Waals surface area contributed by atoms with Crippen LogP contribution in [0.5, 0.6) is 0 Å². The summed E-state index contributed by atoms with van der Waals surface area (Å²) in [4.78, 5) is 4.96. The van der Waals surface area contributed by atoms with Gasteiger partial charge in [0.05, 0.1) is 66.1 Å². The quantitative estimate of drug-likeness (QED) is 0.396. The second-order valence-electron chi connectivity index (χ2n) is 9.37. The molecule has 7 nitrogen and oxygen atoms in total. The Kier molecular flexibility index (Phi) is 17.5. The van der Waals surface area contributed by atoms with Crippen LogP contribution in [0, 0.1) is 5.92 Å². The molecule has 0 aliphatic carbocycles. The predicted molar refractivity (Wildman–Crippen MR) is 133 cm³/mol. The van der Waals surface area contributed by atoms with Crippen molar-refractivity contribution in [2.75, 3.05) is 98.8 Å². The highest BCUT2D eigenvalue weighted by Gasteiger charge is 2.27. The van der Waals surface area contributed by atoms with E-state index in [1.165, 1.54) is 44.9 Å². The SMILES string of the molecule is CCCCCC(CCCC)C1COCCOCCN2CCOCCOCCN1CCOCC2. The summed E-state index contributed by atoms with van der Waals surface area (Å²) in [6.07, 6.45) is 8.96. The van der Waals surface area contributed by atoms with Crippen molar-refractivity contribution < 1.29 is 23.7 Å². The van der Waals surface area contributed by atoms with Gasteiger partial charge in [0.25, 0.3) is 0 Å². The van der Waals surface area contributed by atoms with Crippen LogP contribution in [0.1, 0.15) is 58.8 Å². The molecule has 2 bridgehead atoms. The molecule has 0 N–H and O–H groups in total. The summed E-state index contributed by atoms with van der Waals surface area (Å²) >= 11 is 0. The monoisotopic (exact) mass is 472 g/mol. The van der Waals surface area contributed by atoms with Gasteiger partial charge in [-0.3, -0.25) is 9.80 Å². The van der Waals surface area contributed by atoms with E-state index in [1.807, 2.05) is 0 Å². The topological polar surface area (TPSA) is 52.6 Å². The van der Waals surface area contributed by atoms with E-state index in [1.54, 1.807) is 0 Å². The van der Waals surface area contributed by atoms with E-state index in [0.29, 0.717) is 38.4 Å². The highest BCUT2D eigenvalue weighted by molar-refractivity contribution is 4.80. The number of fused-ring (bicyclic) bond motifs is 6. The molecule has 2 fully saturated rings. The molecular formula is C26H52N2O5. The smallest absolute Gasteiger partial charge is 0.0701 e. The number of hydrogen-bond acceptors (Lipinski definition) is 7. The lowest BCUT2D eigenvalue weighted by molar-refractivity contribution is -0.0223. The largest absolute Gasteiger partial charge is 0.379 e. The first-order valence-corrected chi connectivity index (χ1v) is 13.7. The van der Waals surface area contributed by atoms with E-state index in [9.17, 15) is 0 Å². The van der Waals surface area contributed by atoms with Gasteiger partial charge < -0.3 is 23.7 Å². The maximum atomic E-state index is 6.23. The van der Waals surface area contributed by atoms with Crippen LogP contribution in [0.25, 0.3) is 0 Å². The van der Waals surface area contributed by atoms with Crippen molar-refractivity contribution in [1.29, 1.82) is 0 Å². The van der Waals surface area contributed by atoms with E-state index in [0.717, 1.165) is 72.4 Å². The van der Waals surface area contributed by atoms with Crippen LogP contribution in [-0.4, -0.2) is 115 Å². The summed E-state index contributed by atoms with van der Waals surface area (Å²) in [5.41, 5.74) is 0. The lowest BCUT2D eigenvalue weighted by Crippen LogP contribution is -2.47. The van der Waals surface area contributed by atoms with Gasteiger partial charge in [-0.25, -0.2) is 0 Å². The van der Waals surface area contributed by atoms with Crippen molar-refractivity contribution in [3.63, 3.8) is 0 Å². The lowest BCUT2D eigenvalue weighted by atomic mass is 9.88. The van der Waals surface area contributed by atoms with Gasteiger partial charge in [-0.2, -0.15) is 0 Å². The Hall–Kier alpha value is -0.280. The average molecular weight is 473 g/mol. The Morgan fingerprint density at radius 1 is 0.576 bits per heavy atom. The molecule has 0 amide bonds. The van der Waals surface area contributed by atoms with Crippen molar-refractivity contribution in [3.8, 4) is 0 Å². The van der Waals surface area contributed by atoms with Gasteiger partial charge in [-0.05, 0) is 18.8 Å². The minimum Gasteiger partial charge on any atom is -0.379 e. The fraction of sp³-hybridized carbons (Fsp3) is 1.00. The van der Waals surface area contributed by atoms with Crippen LogP contribution in [0.4, 0.5) is 0 Å². The van der Waals surface area contributed by atoms with Gasteiger partial charge in [0.1, 0.15) is 0 Å². The summed E-state index contributed by atoms with van der Waals surface area (Å²) in [5.74, 6) is 0.647. The number of rotatable bonds is 8. The Labute approximate surface area is 203 Å². The zero-order valence-electron chi connectivity index (χ0n) is 21.6. The van der Waals surface area contributed by atoms with Gasteiger partial charge in [0.15, 0.2) is 0 Å². The highest BCUT2D eigenvalue weighted by Crippen LogP contribution is 2.25. The Bertz CT molecular complexity index is 443. The first kappa shape index (κ1) is 29.0. The standard InChI is InChI=1S/C26H52N2O5/c1-3-5-7-9-25(8-6-4-2)26-24-33-23-22-31-17-12-27-10-15-29-18-13-28(26)14-19-32-21-20-30-16-11-27/h25-26H,3-24H2,1-2H3. The van der Waals surface area contributed by atoms with Crippen LogP contribution in [0.3, 0.4) is 0 Å². The number of unbranched alkanes of at least 4 members (excludes halogenated alkanes) is 3. The summed E-state index contributed by atoms with van der Waals surface area (Å²) in [5, 5.41) is 0. The fourth-order valence-electron chi connectivity index (χ4n) is 4.76. The van der Waals surface area contributed by atoms with E-state index >= 15 is 0 Å². The summed E-state index contributed by atoms with van der Waals surface area (Å²) < 4.78 is 30.0. The van der Waals surface area contributed by atoms with Gasteiger partial charge in [-0.1, -0.05) is 46.0 Å². The first-order valence-electron chi connectivity index (χ1n) is 13.7. The summed E-state index contributed by atoms with van der Waals surface area (Å²) in [6, 6.07) is 0.397. The second-order valence-corrected chi connectivity index (χ2v) is 9.37. The lowest BCUT2D eigenvalue weighted by Gasteiger charge is -2.37. The highest BCUT2D eigenvalue weighted by atomic mass is 16.5. The van der Waals surface area contributed by atoms with Gasteiger partial charge in [-0.15, -0.1) is 0 Å². The van der Waals surface area contributed by atoms with Crippen LogP contribution >= 0.6 is 0 Å². The van der Waals surface area contributed by atoms with Crippen LogP contribution in [-0.2, 0) is 23.7 Å². The zero-order valence-corrected chi connectivity index (χ0v) is 21.6. The summed E-state index contributed by atoms with van der Waals surface area (Å²) in [7, 11) is 0. The Balaban J connectivity index is 2.13. The molecule has 2 rings (SSSR count). The molecule has 7 heteroatoms. The number of hydrogen-bond donors (Lipinski definition) is 0. The van der Waals surface area contributed by atoms with E-state index in [-0.39, 0.29) is 0 Å².